The van der Waals surface area contributed by atoms with Gasteiger partial charge in [0.25, 0.3) is 0 Å². The molecule has 0 saturated carbocycles. The molecule has 0 aliphatic heterocycles. The summed E-state index contributed by atoms with van der Waals surface area (Å²) < 4.78 is 0. The maximum Gasteiger partial charge on any atom is 0.199 e. The van der Waals surface area contributed by atoms with Gasteiger partial charge in [-0.15, -0.1) is 0 Å². The number of guanidine groups is 1. The van der Waals surface area contributed by atoms with E-state index in [-0.39, 0.29) is 5.96 Å². The van der Waals surface area contributed by atoms with Gasteiger partial charge in [-0.25, -0.2) is 0 Å². The molecule has 2 N–H and O–H groups in total. The topological polar surface area (TPSA) is 39.1 Å². The molecule has 1 aliphatic carbocycles. The Hall–Kier alpha value is -2.20. The second kappa shape index (κ2) is 6.51. The van der Waals surface area contributed by atoms with Gasteiger partial charge in [-0.1, -0.05) is 71.2 Å². The number of nitrogens with one attached hydrogen (secondary N) is 2. The molecule has 0 fully saturated rings. The Morgan fingerprint density at radius 3 is 2.31 bits per heavy atom. The Labute approximate surface area is 166 Å². The van der Waals surface area contributed by atoms with Crippen LogP contribution in [-0.4, -0.2) is 13.0 Å². The van der Waals surface area contributed by atoms with Crippen molar-refractivity contribution in [1.82, 2.24) is 0 Å². The lowest BCUT2D eigenvalue weighted by Gasteiger charge is -2.22. The molecule has 0 radical (unpaired) electrons. The van der Waals surface area contributed by atoms with Crippen molar-refractivity contribution in [3.05, 3.63) is 68.7 Å². The Balaban J connectivity index is 1.66. The smallest absolute Gasteiger partial charge is 0.199 e. The van der Waals surface area contributed by atoms with Crippen LogP contribution in [0.3, 0.4) is 0 Å². The van der Waals surface area contributed by atoms with Crippen LogP contribution in [0.25, 0.3) is 22.9 Å². The van der Waals surface area contributed by atoms with Crippen molar-refractivity contribution < 1.29 is 0 Å². The summed E-state index contributed by atoms with van der Waals surface area (Å²) in [6, 6.07) is 13.6. The highest BCUT2D eigenvalue weighted by molar-refractivity contribution is 6.48. The minimum absolute atomic E-state index is 0.200. The minimum Gasteiger partial charge on any atom is -0.326 e. The van der Waals surface area contributed by atoms with E-state index in [2.05, 4.69) is 35.7 Å². The fourth-order valence-corrected chi connectivity index (χ4v) is 3.69. The number of nitrogens with zero attached hydrogens (tertiary/aromatic N) is 1. The first kappa shape index (κ1) is 17.2. The first-order valence-electron chi connectivity index (χ1n) is 7.93. The summed E-state index contributed by atoms with van der Waals surface area (Å²) in [6.07, 6.45) is 4.22. The van der Waals surface area contributed by atoms with Gasteiger partial charge in [0.05, 0.1) is 15.1 Å². The largest absolute Gasteiger partial charge is 0.326 e. The highest BCUT2D eigenvalue weighted by atomic mass is 35.5. The number of hydrogen-bond donors (Lipinski definition) is 2. The molecule has 130 valence electrons. The van der Waals surface area contributed by atoms with Crippen molar-refractivity contribution >= 4 is 75.1 Å². The molecule has 0 aromatic heterocycles. The molecule has 0 unspecified atom stereocenters. The number of hydrogen-bond acceptors (Lipinski definition) is 1. The summed E-state index contributed by atoms with van der Waals surface area (Å²) in [5, 5.41) is 14.9. The molecule has 0 saturated heterocycles. The molecule has 0 atom stereocenters. The summed E-state index contributed by atoms with van der Waals surface area (Å²) in [4.78, 5) is 1.66. The van der Waals surface area contributed by atoms with E-state index in [9.17, 15) is 0 Å². The fourth-order valence-electron chi connectivity index (χ4n) is 3.11. The maximum absolute atomic E-state index is 8.44. The lowest BCUT2D eigenvalue weighted by molar-refractivity contribution is 1.21. The van der Waals surface area contributed by atoms with E-state index >= 15 is 0 Å². The molecule has 1 aliphatic rings. The number of anilines is 2. The van der Waals surface area contributed by atoms with Crippen molar-refractivity contribution in [2.24, 2.45) is 0 Å². The van der Waals surface area contributed by atoms with Gasteiger partial charge in [-0.2, -0.15) is 0 Å². The van der Waals surface area contributed by atoms with E-state index in [0.717, 1.165) is 11.1 Å². The third-order valence-corrected chi connectivity index (χ3v) is 5.69. The summed E-state index contributed by atoms with van der Waals surface area (Å²) in [7, 11) is 1.77. The molecule has 0 spiro atoms. The summed E-state index contributed by atoms with van der Waals surface area (Å²) >= 11 is 18.2. The average Bonchev–Trinajstić information content (AvgIpc) is 3.05. The maximum atomic E-state index is 8.44. The highest BCUT2D eigenvalue weighted by Gasteiger charge is 2.15. The summed E-state index contributed by atoms with van der Waals surface area (Å²) in [5.74, 6) is 0.200. The normalized spacial score (nSPS) is 11.8. The van der Waals surface area contributed by atoms with Gasteiger partial charge in [-0.05, 0) is 34.7 Å². The van der Waals surface area contributed by atoms with E-state index < -0.39 is 0 Å². The van der Waals surface area contributed by atoms with E-state index in [0.29, 0.717) is 20.8 Å². The zero-order valence-corrected chi connectivity index (χ0v) is 16.0. The van der Waals surface area contributed by atoms with Crippen molar-refractivity contribution in [2.45, 2.75) is 0 Å². The van der Waals surface area contributed by atoms with Gasteiger partial charge in [0.1, 0.15) is 0 Å². The van der Waals surface area contributed by atoms with Gasteiger partial charge in [0.15, 0.2) is 5.96 Å². The van der Waals surface area contributed by atoms with Crippen LogP contribution in [0.2, 0.25) is 15.1 Å². The molecule has 0 bridgehead atoms. The van der Waals surface area contributed by atoms with E-state index in [1.807, 2.05) is 12.1 Å². The molecule has 3 aromatic rings. The Morgan fingerprint density at radius 1 is 0.962 bits per heavy atom. The first-order valence-corrected chi connectivity index (χ1v) is 9.07. The Kier molecular flexibility index (Phi) is 4.31. The second-order valence-corrected chi connectivity index (χ2v) is 7.25. The van der Waals surface area contributed by atoms with Gasteiger partial charge in [-0.3, -0.25) is 5.41 Å². The van der Waals surface area contributed by atoms with Gasteiger partial charge < -0.3 is 10.2 Å². The lowest BCUT2D eigenvalue weighted by Crippen LogP contribution is -2.32. The van der Waals surface area contributed by atoms with Crippen LogP contribution in [-0.2, 0) is 0 Å². The second-order valence-electron chi connectivity index (χ2n) is 6.06. The zero-order valence-electron chi connectivity index (χ0n) is 13.8. The standard InChI is InChI=1S/C20H14Cl3N3/c1-26(13-9-15(21)19(23)16(22)10-13)20(24)25-17-8-7-12-6-5-11-3-2-4-14(17)18(11)12/h2-10H,1H3,(H2,24,25). The zero-order chi connectivity index (χ0) is 18.4. The first-order chi connectivity index (χ1) is 12.5. The number of halogens is 3. The predicted molar refractivity (Wildman–Crippen MR) is 114 cm³/mol. The number of rotatable bonds is 2. The minimum atomic E-state index is 0.200. The van der Waals surface area contributed by atoms with Gasteiger partial charge in [0.2, 0.25) is 0 Å². The van der Waals surface area contributed by atoms with Crippen LogP contribution in [0.1, 0.15) is 11.1 Å². The monoisotopic (exact) mass is 401 g/mol. The lowest BCUT2D eigenvalue weighted by atomic mass is 10.0. The summed E-state index contributed by atoms with van der Waals surface area (Å²) in [6.45, 7) is 0. The van der Waals surface area contributed by atoms with Crippen LogP contribution in [0, 0.1) is 5.41 Å². The highest BCUT2D eigenvalue weighted by Crippen LogP contribution is 2.36. The van der Waals surface area contributed by atoms with Crippen LogP contribution in [0.5, 0.6) is 0 Å². The molecule has 0 amide bonds. The third-order valence-electron chi connectivity index (χ3n) is 4.49. The van der Waals surface area contributed by atoms with Crippen molar-refractivity contribution in [1.29, 1.82) is 5.41 Å². The van der Waals surface area contributed by atoms with Crippen molar-refractivity contribution in [3.63, 3.8) is 0 Å². The SMILES string of the molecule is CN(C(=N)Nc1ccc2c3c(cccc13)C=C2)c1cc(Cl)c(Cl)c(Cl)c1. The Morgan fingerprint density at radius 2 is 1.62 bits per heavy atom. The quantitative estimate of drug-likeness (QED) is 0.221. The van der Waals surface area contributed by atoms with E-state index in [4.69, 9.17) is 40.2 Å². The van der Waals surface area contributed by atoms with E-state index in [1.54, 1.807) is 24.1 Å². The van der Waals surface area contributed by atoms with Crippen molar-refractivity contribution in [2.75, 3.05) is 17.3 Å². The Bertz CT molecular complexity index is 1050. The molecule has 3 aromatic carbocycles. The van der Waals surface area contributed by atoms with Crippen molar-refractivity contribution in [3.8, 4) is 0 Å². The molecular weight excluding hydrogens is 389 g/mol. The average molecular weight is 403 g/mol. The third kappa shape index (κ3) is 2.82. The predicted octanol–water partition coefficient (Wildman–Crippen LogP) is 6.77. The van der Waals surface area contributed by atoms with Crippen LogP contribution in [0.4, 0.5) is 11.4 Å². The molecule has 6 heteroatoms. The van der Waals surface area contributed by atoms with Crippen LogP contribution < -0.4 is 10.2 Å². The van der Waals surface area contributed by atoms with Crippen LogP contribution in [0.15, 0.2) is 42.5 Å². The summed E-state index contributed by atoms with van der Waals surface area (Å²) in [5.41, 5.74) is 3.93. The van der Waals surface area contributed by atoms with Gasteiger partial charge in [0, 0.05) is 23.8 Å². The molecule has 0 heterocycles. The van der Waals surface area contributed by atoms with E-state index in [1.165, 1.54) is 16.5 Å². The van der Waals surface area contributed by atoms with Crippen LogP contribution >= 0.6 is 34.8 Å². The molecule has 26 heavy (non-hydrogen) atoms. The molecular formula is C20H14Cl3N3. The molecule has 3 nitrogen and oxygen atoms in total. The van der Waals surface area contributed by atoms with Gasteiger partial charge >= 0.3 is 0 Å². The molecule has 4 rings (SSSR count). The fraction of sp³-hybridized carbons (Fsp3) is 0.0500. The number of benzene rings is 3.